The number of aromatic nitrogens is 2. The molecule has 1 fully saturated rings. The molecule has 1 aromatic heterocycles. The Hall–Kier alpha value is -1.70. The van der Waals surface area contributed by atoms with Crippen molar-refractivity contribution < 1.29 is 13.5 Å². The highest BCUT2D eigenvalue weighted by Gasteiger charge is 2.28. The molecular formula is C23H35N3O3S. The van der Waals surface area contributed by atoms with Crippen molar-refractivity contribution in [2.45, 2.75) is 76.1 Å². The Morgan fingerprint density at radius 3 is 2.43 bits per heavy atom. The molecule has 7 heteroatoms. The largest absolute Gasteiger partial charge is 0.393 e. The molecule has 166 valence electrons. The maximum absolute atomic E-state index is 12.9. The highest BCUT2D eigenvalue weighted by atomic mass is 32.2. The normalized spacial score (nSPS) is 17.5. The van der Waals surface area contributed by atoms with Crippen LogP contribution in [0, 0.1) is 5.92 Å². The van der Waals surface area contributed by atoms with Crippen molar-refractivity contribution >= 4 is 9.84 Å². The van der Waals surface area contributed by atoms with Gasteiger partial charge in [0.25, 0.3) is 0 Å². The summed E-state index contributed by atoms with van der Waals surface area (Å²) in [7, 11) is -3.46. The van der Waals surface area contributed by atoms with E-state index in [0.29, 0.717) is 19.0 Å². The zero-order valence-electron chi connectivity index (χ0n) is 18.4. The quantitative estimate of drug-likeness (QED) is 0.657. The van der Waals surface area contributed by atoms with E-state index in [2.05, 4.69) is 22.0 Å². The number of aliphatic hydroxyl groups is 1. The minimum atomic E-state index is -3.46. The minimum Gasteiger partial charge on any atom is -0.393 e. The molecule has 3 rings (SSSR count). The first kappa shape index (κ1) is 23.0. The number of hydrogen-bond donors (Lipinski definition) is 1. The topological polar surface area (TPSA) is 75.4 Å². The van der Waals surface area contributed by atoms with Gasteiger partial charge in [-0.25, -0.2) is 13.4 Å². The van der Waals surface area contributed by atoms with Crippen molar-refractivity contribution in [1.29, 1.82) is 0 Å². The molecule has 1 saturated heterocycles. The van der Waals surface area contributed by atoms with Crippen LogP contribution in [0.1, 0.15) is 51.3 Å². The fourth-order valence-corrected chi connectivity index (χ4v) is 5.28. The third kappa shape index (κ3) is 5.31. The molecule has 0 amide bonds. The number of aryl methyl sites for hydroxylation is 1. The van der Waals surface area contributed by atoms with E-state index in [-0.39, 0.29) is 11.3 Å². The molecule has 2 heterocycles. The molecule has 1 aromatic carbocycles. The molecule has 1 unspecified atom stereocenters. The van der Waals surface area contributed by atoms with Gasteiger partial charge in [-0.2, -0.15) is 0 Å². The van der Waals surface area contributed by atoms with Gasteiger partial charge in [-0.1, -0.05) is 37.3 Å². The highest BCUT2D eigenvalue weighted by molar-refractivity contribution is 7.91. The number of nitrogens with zero attached hydrogens (tertiary/aromatic N) is 3. The zero-order chi connectivity index (χ0) is 21.7. The first-order valence-corrected chi connectivity index (χ1v) is 12.6. The summed E-state index contributed by atoms with van der Waals surface area (Å²) in [6.45, 7) is 8.54. The molecule has 0 bridgehead atoms. The predicted octanol–water partition coefficient (Wildman–Crippen LogP) is 3.29. The van der Waals surface area contributed by atoms with Crippen LogP contribution in [-0.4, -0.2) is 52.4 Å². The lowest BCUT2D eigenvalue weighted by Gasteiger charge is -2.34. The van der Waals surface area contributed by atoms with E-state index in [9.17, 15) is 13.5 Å². The fraction of sp³-hybridized carbons (Fsp3) is 0.609. The Kier molecular flexibility index (Phi) is 7.71. The number of piperidine rings is 1. The molecule has 0 radical (unpaired) electrons. The predicted molar refractivity (Wildman–Crippen MR) is 119 cm³/mol. The summed E-state index contributed by atoms with van der Waals surface area (Å²) < 4.78 is 27.7. The summed E-state index contributed by atoms with van der Waals surface area (Å²) in [4.78, 5) is 6.70. The van der Waals surface area contributed by atoms with Crippen molar-refractivity contribution in [3.63, 3.8) is 0 Å². The maximum Gasteiger partial charge on any atom is 0.228 e. The molecule has 2 aromatic rings. The Balaban J connectivity index is 1.77. The lowest BCUT2D eigenvalue weighted by Crippen LogP contribution is -2.37. The molecule has 30 heavy (non-hydrogen) atoms. The van der Waals surface area contributed by atoms with Crippen molar-refractivity contribution in [3.05, 3.63) is 47.8 Å². The number of imidazole rings is 1. The van der Waals surface area contributed by atoms with Gasteiger partial charge in [0.2, 0.25) is 15.0 Å². The minimum absolute atomic E-state index is 0.180. The van der Waals surface area contributed by atoms with Crippen molar-refractivity contribution in [2.75, 3.05) is 13.1 Å². The number of sulfone groups is 1. The third-order valence-corrected chi connectivity index (χ3v) is 8.30. The first-order chi connectivity index (χ1) is 14.3. The lowest BCUT2D eigenvalue weighted by atomic mass is 9.90. The van der Waals surface area contributed by atoms with Crippen molar-refractivity contribution in [1.82, 2.24) is 14.5 Å². The molecule has 1 N–H and O–H groups in total. The van der Waals surface area contributed by atoms with Gasteiger partial charge in [-0.3, -0.25) is 4.90 Å². The van der Waals surface area contributed by atoms with Gasteiger partial charge in [-0.05, 0) is 64.1 Å². The van der Waals surface area contributed by atoms with E-state index in [4.69, 9.17) is 0 Å². The average Bonchev–Trinajstić information content (AvgIpc) is 3.16. The van der Waals surface area contributed by atoms with E-state index in [1.807, 2.05) is 29.7 Å². The Bertz CT molecular complexity index is 901. The van der Waals surface area contributed by atoms with Crippen LogP contribution in [0.3, 0.4) is 0 Å². The summed E-state index contributed by atoms with van der Waals surface area (Å²) in [5.74, 6) is 0.367. The second-order valence-corrected chi connectivity index (χ2v) is 11.0. The van der Waals surface area contributed by atoms with Crippen LogP contribution < -0.4 is 0 Å². The van der Waals surface area contributed by atoms with Crippen molar-refractivity contribution in [3.8, 4) is 0 Å². The first-order valence-electron chi connectivity index (χ1n) is 11.1. The zero-order valence-corrected chi connectivity index (χ0v) is 19.2. The van der Waals surface area contributed by atoms with Crippen LogP contribution in [0.2, 0.25) is 0 Å². The van der Waals surface area contributed by atoms with Crippen molar-refractivity contribution in [2.24, 2.45) is 5.92 Å². The van der Waals surface area contributed by atoms with Crippen LogP contribution in [0.25, 0.3) is 0 Å². The van der Waals surface area contributed by atoms with E-state index in [1.54, 1.807) is 20.0 Å². The molecule has 1 atom stereocenters. The van der Waals surface area contributed by atoms with Crippen LogP contribution >= 0.6 is 0 Å². The Morgan fingerprint density at radius 2 is 1.83 bits per heavy atom. The number of rotatable bonds is 9. The average molecular weight is 434 g/mol. The van der Waals surface area contributed by atoms with Crippen LogP contribution in [0.4, 0.5) is 0 Å². The lowest BCUT2D eigenvalue weighted by molar-refractivity contribution is 0.0543. The molecule has 0 spiro atoms. The second kappa shape index (κ2) is 10.1. The van der Waals surface area contributed by atoms with E-state index in [0.717, 1.165) is 44.5 Å². The van der Waals surface area contributed by atoms with Gasteiger partial charge in [0, 0.05) is 13.1 Å². The highest BCUT2D eigenvalue weighted by Crippen LogP contribution is 2.25. The van der Waals surface area contributed by atoms with Crippen LogP contribution in [0.15, 0.2) is 41.7 Å². The van der Waals surface area contributed by atoms with Gasteiger partial charge in [-0.15, -0.1) is 0 Å². The van der Waals surface area contributed by atoms with E-state index >= 15 is 0 Å². The number of hydrogen-bond acceptors (Lipinski definition) is 5. The monoisotopic (exact) mass is 433 g/mol. The maximum atomic E-state index is 12.9. The summed E-state index contributed by atoms with van der Waals surface area (Å²) in [5, 5.41) is 9.80. The van der Waals surface area contributed by atoms with Crippen LogP contribution in [-0.2, 0) is 29.3 Å². The number of benzene rings is 1. The van der Waals surface area contributed by atoms with Crippen LogP contribution in [0.5, 0.6) is 0 Å². The molecule has 0 saturated carbocycles. The van der Waals surface area contributed by atoms with E-state index < -0.39 is 15.1 Å². The molecule has 1 aliphatic heterocycles. The Morgan fingerprint density at radius 1 is 1.17 bits per heavy atom. The summed E-state index contributed by atoms with van der Waals surface area (Å²) in [6.07, 6.45) is 5.02. The summed E-state index contributed by atoms with van der Waals surface area (Å²) in [5.41, 5.74) is 2.12. The summed E-state index contributed by atoms with van der Waals surface area (Å²) in [6, 6.07) is 10.1. The molecule has 0 aliphatic carbocycles. The fourth-order valence-electron chi connectivity index (χ4n) is 4.14. The summed E-state index contributed by atoms with van der Waals surface area (Å²) >= 11 is 0. The van der Waals surface area contributed by atoms with Gasteiger partial charge >= 0.3 is 0 Å². The standard InChI is InChI=1S/C23H35N3O3S/c1-4-22(27)20-11-13-25(14-12-20)17-21-16-24-23(30(28,29)18(2)3)26(21)15-10-19-8-6-5-7-9-19/h5-9,16,18,20,22,27H,4,10-15,17H2,1-3H3. The van der Waals surface area contributed by atoms with Gasteiger partial charge in [0.1, 0.15) is 0 Å². The number of aliphatic hydroxyl groups excluding tert-OH is 1. The second-order valence-electron chi connectivity index (χ2n) is 8.60. The molecule has 6 nitrogen and oxygen atoms in total. The Labute approximate surface area is 180 Å². The van der Waals surface area contributed by atoms with E-state index in [1.165, 1.54) is 5.56 Å². The number of likely N-dealkylation sites (tertiary alicyclic amines) is 1. The third-order valence-electron chi connectivity index (χ3n) is 6.22. The SMILES string of the molecule is CCC(O)C1CCN(Cc2cnc(S(=O)(=O)C(C)C)n2CCc2ccccc2)CC1. The molecule has 1 aliphatic rings. The smallest absolute Gasteiger partial charge is 0.228 e. The van der Waals surface area contributed by atoms with Gasteiger partial charge in [0.15, 0.2) is 0 Å². The molecular weight excluding hydrogens is 398 g/mol. The van der Waals surface area contributed by atoms with Gasteiger partial charge in [0.05, 0.1) is 23.2 Å². The van der Waals surface area contributed by atoms with Gasteiger partial charge < -0.3 is 9.67 Å².